The Labute approximate surface area is 177 Å². The lowest BCUT2D eigenvalue weighted by atomic mass is 10.1. The first-order valence-electron chi connectivity index (χ1n) is 9.31. The molecule has 0 aromatic heterocycles. The Hall–Kier alpha value is -2.10. The molecule has 0 bridgehead atoms. The minimum Gasteiger partial charge on any atom is -0.321 e. The maximum absolute atomic E-state index is 13.2. The number of alkyl halides is 3. The highest BCUT2D eigenvalue weighted by atomic mass is 35.5. The summed E-state index contributed by atoms with van der Waals surface area (Å²) in [5, 5.41) is 2.14. The molecule has 30 heavy (non-hydrogen) atoms. The van der Waals surface area contributed by atoms with Crippen molar-refractivity contribution in [1.82, 2.24) is 4.31 Å². The van der Waals surface area contributed by atoms with Crippen LogP contribution < -0.4 is 5.32 Å². The van der Waals surface area contributed by atoms with E-state index in [0.717, 1.165) is 31.4 Å². The molecule has 0 saturated carbocycles. The second-order valence-corrected chi connectivity index (χ2v) is 9.46. The smallest absolute Gasteiger partial charge is 0.321 e. The van der Waals surface area contributed by atoms with E-state index in [-0.39, 0.29) is 16.3 Å². The van der Waals surface area contributed by atoms with Gasteiger partial charge < -0.3 is 5.32 Å². The molecule has 1 amide bonds. The second-order valence-electron chi connectivity index (χ2n) is 7.05. The normalized spacial score (nSPS) is 15.7. The molecule has 5 nitrogen and oxygen atoms in total. The number of rotatable bonds is 5. The fourth-order valence-corrected chi connectivity index (χ4v) is 5.03. The van der Waals surface area contributed by atoms with Gasteiger partial charge in [-0.2, -0.15) is 13.2 Å². The minimum absolute atomic E-state index is 0.0976. The molecule has 1 aliphatic heterocycles. The van der Waals surface area contributed by atoms with Gasteiger partial charge in [-0.25, -0.2) is 12.7 Å². The topological polar surface area (TPSA) is 66.5 Å². The van der Waals surface area contributed by atoms with Gasteiger partial charge in [0, 0.05) is 23.7 Å². The van der Waals surface area contributed by atoms with E-state index in [9.17, 15) is 26.4 Å². The van der Waals surface area contributed by atoms with Crippen LogP contribution in [-0.2, 0) is 22.0 Å². The number of hydrogen-bond acceptors (Lipinski definition) is 3. The number of sulfonamides is 1. The molecular formula is C20H20ClF3N2O3S. The van der Waals surface area contributed by atoms with Crippen LogP contribution in [0.4, 0.5) is 18.9 Å². The van der Waals surface area contributed by atoms with Gasteiger partial charge in [-0.3, -0.25) is 4.79 Å². The van der Waals surface area contributed by atoms with E-state index in [1.54, 1.807) is 0 Å². The zero-order valence-corrected chi connectivity index (χ0v) is 17.4. The molecule has 0 aliphatic carbocycles. The molecule has 1 N–H and O–H groups in total. The first-order valence-corrected chi connectivity index (χ1v) is 11.3. The SMILES string of the molecule is O=C(Nc1ccc(Cl)cc1C(F)(F)F)c1ccc(CS(=O)(=O)N2CCCCC2)cc1. The van der Waals surface area contributed by atoms with Gasteiger partial charge in [-0.05, 0) is 48.7 Å². The first-order chi connectivity index (χ1) is 14.1. The summed E-state index contributed by atoms with van der Waals surface area (Å²) in [4.78, 5) is 12.4. The highest BCUT2D eigenvalue weighted by molar-refractivity contribution is 7.88. The fourth-order valence-electron chi connectivity index (χ4n) is 3.25. The van der Waals surface area contributed by atoms with Crippen LogP contribution in [0.15, 0.2) is 42.5 Å². The Kier molecular flexibility index (Phi) is 6.74. The lowest BCUT2D eigenvalue weighted by molar-refractivity contribution is -0.136. The van der Waals surface area contributed by atoms with Crippen molar-refractivity contribution >= 4 is 33.2 Å². The molecule has 1 heterocycles. The van der Waals surface area contributed by atoms with Crippen LogP contribution in [0.1, 0.15) is 40.7 Å². The number of piperidine rings is 1. The predicted octanol–water partition coefficient (Wildman–Crippen LogP) is 4.93. The van der Waals surface area contributed by atoms with Gasteiger partial charge in [-0.1, -0.05) is 30.2 Å². The van der Waals surface area contributed by atoms with Crippen molar-refractivity contribution < 1.29 is 26.4 Å². The lowest BCUT2D eigenvalue weighted by Crippen LogP contribution is -2.36. The van der Waals surface area contributed by atoms with Gasteiger partial charge in [0.2, 0.25) is 10.0 Å². The fraction of sp³-hybridized carbons (Fsp3) is 0.350. The lowest BCUT2D eigenvalue weighted by Gasteiger charge is -2.25. The molecule has 10 heteroatoms. The van der Waals surface area contributed by atoms with Crippen LogP contribution in [-0.4, -0.2) is 31.7 Å². The summed E-state index contributed by atoms with van der Waals surface area (Å²) in [6, 6.07) is 8.83. The highest BCUT2D eigenvalue weighted by Crippen LogP contribution is 2.36. The van der Waals surface area contributed by atoms with Crippen molar-refractivity contribution in [2.45, 2.75) is 31.2 Å². The van der Waals surface area contributed by atoms with Gasteiger partial charge in [-0.15, -0.1) is 0 Å². The number of carbonyl (C=O) groups is 1. The molecule has 1 fully saturated rings. The standard InChI is InChI=1S/C20H20ClF3N2O3S/c21-16-8-9-18(17(12-16)20(22,23)24)25-19(27)15-6-4-14(5-7-15)13-30(28,29)26-10-2-1-3-11-26/h4-9,12H,1-3,10-11,13H2,(H,25,27). The highest BCUT2D eigenvalue weighted by Gasteiger charge is 2.34. The second kappa shape index (κ2) is 8.95. The third-order valence-electron chi connectivity index (χ3n) is 4.81. The zero-order valence-electron chi connectivity index (χ0n) is 15.9. The summed E-state index contributed by atoms with van der Waals surface area (Å²) in [5.41, 5.74) is -0.849. The van der Waals surface area contributed by atoms with Gasteiger partial charge >= 0.3 is 6.18 Å². The summed E-state index contributed by atoms with van der Waals surface area (Å²) in [7, 11) is -3.45. The summed E-state index contributed by atoms with van der Waals surface area (Å²) < 4.78 is 66.0. The van der Waals surface area contributed by atoms with Crippen molar-refractivity contribution in [1.29, 1.82) is 0 Å². The molecule has 3 rings (SSSR count). The van der Waals surface area contributed by atoms with Crippen LogP contribution >= 0.6 is 11.6 Å². The molecule has 0 spiro atoms. The van der Waals surface area contributed by atoms with Crippen molar-refractivity contribution in [3.8, 4) is 0 Å². The molecule has 2 aromatic carbocycles. The summed E-state index contributed by atoms with van der Waals surface area (Å²) in [5.74, 6) is -0.933. The van der Waals surface area contributed by atoms with E-state index in [0.29, 0.717) is 18.7 Å². The predicted molar refractivity (Wildman–Crippen MR) is 109 cm³/mol. The van der Waals surface area contributed by atoms with E-state index in [4.69, 9.17) is 11.6 Å². The van der Waals surface area contributed by atoms with E-state index < -0.39 is 33.4 Å². The van der Waals surface area contributed by atoms with Crippen molar-refractivity contribution in [3.63, 3.8) is 0 Å². The number of amides is 1. The Balaban J connectivity index is 1.72. The van der Waals surface area contributed by atoms with E-state index in [1.165, 1.54) is 34.6 Å². The van der Waals surface area contributed by atoms with Crippen LogP contribution in [0.25, 0.3) is 0 Å². The number of halogens is 4. The monoisotopic (exact) mass is 460 g/mol. The molecule has 1 saturated heterocycles. The Bertz CT molecular complexity index is 1020. The van der Waals surface area contributed by atoms with Crippen LogP contribution in [0.3, 0.4) is 0 Å². The third kappa shape index (κ3) is 5.53. The number of benzene rings is 2. The molecule has 2 aromatic rings. The van der Waals surface area contributed by atoms with Gasteiger partial charge in [0.05, 0.1) is 17.0 Å². The molecule has 0 radical (unpaired) electrons. The summed E-state index contributed by atoms with van der Waals surface area (Å²) in [6.07, 6.45) is -1.99. The van der Waals surface area contributed by atoms with Crippen LogP contribution in [0.2, 0.25) is 5.02 Å². The van der Waals surface area contributed by atoms with Gasteiger partial charge in [0.25, 0.3) is 5.91 Å². The maximum atomic E-state index is 13.2. The Morgan fingerprint density at radius 2 is 1.67 bits per heavy atom. The van der Waals surface area contributed by atoms with Gasteiger partial charge in [0.15, 0.2) is 0 Å². The molecular weight excluding hydrogens is 441 g/mol. The number of nitrogens with one attached hydrogen (secondary N) is 1. The van der Waals surface area contributed by atoms with E-state index in [1.807, 2.05) is 0 Å². The Morgan fingerprint density at radius 1 is 1.03 bits per heavy atom. The van der Waals surface area contributed by atoms with Crippen LogP contribution in [0.5, 0.6) is 0 Å². The molecule has 162 valence electrons. The third-order valence-corrected chi connectivity index (χ3v) is 6.89. The average Bonchev–Trinajstić information content (AvgIpc) is 2.69. The number of hydrogen-bond donors (Lipinski definition) is 1. The average molecular weight is 461 g/mol. The number of anilines is 1. The van der Waals surface area contributed by atoms with Crippen molar-refractivity contribution in [2.75, 3.05) is 18.4 Å². The minimum atomic E-state index is -4.68. The first kappa shape index (κ1) is 22.6. The van der Waals surface area contributed by atoms with Crippen LogP contribution in [0, 0.1) is 0 Å². The Morgan fingerprint density at radius 3 is 2.27 bits per heavy atom. The largest absolute Gasteiger partial charge is 0.418 e. The van der Waals surface area contributed by atoms with Gasteiger partial charge in [0.1, 0.15) is 0 Å². The molecule has 0 unspecified atom stereocenters. The quantitative estimate of drug-likeness (QED) is 0.688. The number of carbonyl (C=O) groups excluding carboxylic acids is 1. The van der Waals surface area contributed by atoms with Crippen molar-refractivity contribution in [2.24, 2.45) is 0 Å². The summed E-state index contributed by atoms with van der Waals surface area (Å²) >= 11 is 5.64. The molecule has 1 aliphatic rings. The number of nitrogens with zero attached hydrogens (tertiary/aromatic N) is 1. The van der Waals surface area contributed by atoms with E-state index in [2.05, 4.69) is 5.32 Å². The molecule has 0 atom stereocenters. The van der Waals surface area contributed by atoms with E-state index >= 15 is 0 Å². The maximum Gasteiger partial charge on any atom is 0.418 e. The summed E-state index contributed by atoms with van der Waals surface area (Å²) in [6.45, 7) is 1.01. The van der Waals surface area contributed by atoms with Crippen molar-refractivity contribution in [3.05, 3.63) is 64.2 Å². The zero-order chi connectivity index (χ0) is 21.9.